The number of pyridine rings is 1. The molecule has 1 aromatic heterocycles. The van der Waals surface area contributed by atoms with Gasteiger partial charge in [-0.05, 0) is 25.0 Å². The van der Waals surface area contributed by atoms with Crippen LogP contribution in [0.2, 0.25) is 0 Å². The Kier molecular flexibility index (Phi) is 6.29. The van der Waals surface area contributed by atoms with Gasteiger partial charge in [-0.1, -0.05) is 20.3 Å². The van der Waals surface area contributed by atoms with Gasteiger partial charge in [-0.2, -0.15) is 0 Å². The summed E-state index contributed by atoms with van der Waals surface area (Å²) in [6.45, 7) is 6.47. The van der Waals surface area contributed by atoms with E-state index >= 15 is 0 Å². The molecule has 2 unspecified atom stereocenters. The summed E-state index contributed by atoms with van der Waals surface area (Å²) in [7, 11) is 0. The molecule has 0 aliphatic rings. The molecule has 1 heterocycles. The number of aliphatic hydroxyl groups excluding tert-OH is 1. The van der Waals surface area contributed by atoms with Crippen molar-refractivity contribution in [1.82, 2.24) is 10.3 Å². The zero-order valence-corrected chi connectivity index (χ0v) is 11.7. The first-order valence-electron chi connectivity index (χ1n) is 6.64. The molecule has 0 aliphatic heterocycles. The number of rotatable bonds is 7. The lowest BCUT2D eigenvalue weighted by Gasteiger charge is -2.17. The topological polar surface area (TPSA) is 71.5 Å². The Morgan fingerprint density at radius 2 is 2.26 bits per heavy atom. The maximum Gasteiger partial charge on any atom is 0.256 e. The highest BCUT2D eigenvalue weighted by atomic mass is 16.5. The second-order valence-corrected chi connectivity index (χ2v) is 4.45. The third kappa shape index (κ3) is 4.52. The van der Waals surface area contributed by atoms with Crippen LogP contribution in [0.3, 0.4) is 0 Å². The van der Waals surface area contributed by atoms with Crippen LogP contribution >= 0.6 is 0 Å². The lowest BCUT2D eigenvalue weighted by atomic mass is 10.0. The van der Waals surface area contributed by atoms with Gasteiger partial charge in [0.2, 0.25) is 5.88 Å². The van der Waals surface area contributed by atoms with Crippen molar-refractivity contribution in [2.75, 3.05) is 13.2 Å². The van der Waals surface area contributed by atoms with Gasteiger partial charge in [-0.15, -0.1) is 0 Å². The van der Waals surface area contributed by atoms with Crippen LogP contribution in [0, 0.1) is 5.92 Å². The number of aliphatic hydroxyl groups is 1. The van der Waals surface area contributed by atoms with Gasteiger partial charge in [0.1, 0.15) is 5.56 Å². The predicted octanol–water partition coefficient (Wildman–Crippen LogP) is 1.62. The number of hydrogen-bond donors (Lipinski definition) is 2. The highest BCUT2D eigenvalue weighted by Crippen LogP contribution is 2.14. The van der Waals surface area contributed by atoms with Gasteiger partial charge >= 0.3 is 0 Å². The summed E-state index contributed by atoms with van der Waals surface area (Å²) < 4.78 is 5.30. The van der Waals surface area contributed by atoms with E-state index in [2.05, 4.69) is 10.3 Å². The normalized spacial score (nSPS) is 13.7. The molecule has 1 aromatic rings. The van der Waals surface area contributed by atoms with E-state index in [1.165, 1.54) is 0 Å². The van der Waals surface area contributed by atoms with E-state index in [4.69, 9.17) is 4.74 Å². The minimum absolute atomic E-state index is 0.153. The summed E-state index contributed by atoms with van der Waals surface area (Å²) in [4.78, 5) is 16.0. The van der Waals surface area contributed by atoms with E-state index in [0.29, 0.717) is 18.1 Å². The first-order valence-corrected chi connectivity index (χ1v) is 6.64. The predicted molar refractivity (Wildman–Crippen MR) is 73.2 cm³/mol. The van der Waals surface area contributed by atoms with Crippen LogP contribution in [-0.2, 0) is 0 Å². The molecule has 0 spiro atoms. The Hall–Kier alpha value is -1.62. The highest BCUT2D eigenvalue weighted by molar-refractivity contribution is 5.96. The number of nitrogens with zero attached hydrogens (tertiary/aromatic N) is 1. The summed E-state index contributed by atoms with van der Waals surface area (Å²) in [5.41, 5.74) is 0.390. The molecule has 0 saturated heterocycles. The number of carbonyl (C=O) groups excluding carboxylic acids is 1. The molecule has 5 heteroatoms. The highest BCUT2D eigenvalue weighted by Gasteiger charge is 2.16. The van der Waals surface area contributed by atoms with Gasteiger partial charge in [0.15, 0.2) is 0 Å². The zero-order chi connectivity index (χ0) is 14.3. The van der Waals surface area contributed by atoms with Crippen molar-refractivity contribution in [2.45, 2.75) is 33.3 Å². The Morgan fingerprint density at radius 3 is 2.89 bits per heavy atom. The van der Waals surface area contributed by atoms with Crippen LogP contribution in [0.25, 0.3) is 0 Å². The SMILES string of the molecule is CCOc1ncccc1C(=O)NCC(O)C(C)CC. The van der Waals surface area contributed by atoms with Gasteiger partial charge in [0.25, 0.3) is 5.91 Å². The smallest absolute Gasteiger partial charge is 0.256 e. The molecule has 0 radical (unpaired) electrons. The molecular weight excluding hydrogens is 244 g/mol. The Labute approximate surface area is 114 Å². The molecule has 5 nitrogen and oxygen atoms in total. The number of amides is 1. The molecule has 1 rings (SSSR count). The van der Waals surface area contributed by atoms with Crippen LogP contribution in [0.15, 0.2) is 18.3 Å². The van der Waals surface area contributed by atoms with Gasteiger partial charge < -0.3 is 15.2 Å². The minimum Gasteiger partial charge on any atom is -0.477 e. The molecular formula is C14H22N2O3. The fourth-order valence-electron chi connectivity index (χ4n) is 1.58. The fraction of sp³-hybridized carbons (Fsp3) is 0.571. The van der Waals surface area contributed by atoms with Crippen LogP contribution in [0.4, 0.5) is 0 Å². The minimum atomic E-state index is -0.541. The second-order valence-electron chi connectivity index (χ2n) is 4.45. The van der Waals surface area contributed by atoms with Crippen LogP contribution in [-0.4, -0.2) is 35.3 Å². The van der Waals surface area contributed by atoms with Crippen molar-refractivity contribution in [1.29, 1.82) is 0 Å². The molecule has 0 fully saturated rings. The van der Waals surface area contributed by atoms with E-state index in [1.54, 1.807) is 18.3 Å². The maximum atomic E-state index is 12.0. The summed E-state index contributed by atoms with van der Waals surface area (Å²) >= 11 is 0. The molecule has 2 atom stereocenters. The second kappa shape index (κ2) is 7.74. The largest absolute Gasteiger partial charge is 0.477 e. The molecule has 0 aromatic carbocycles. The van der Waals surface area contributed by atoms with E-state index in [0.717, 1.165) is 6.42 Å². The summed E-state index contributed by atoms with van der Waals surface area (Å²) in [6, 6.07) is 3.34. The van der Waals surface area contributed by atoms with E-state index in [9.17, 15) is 9.90 Å². The quantitative estimate of drug-likeness (QED) is 0.786. The Balaban J connectivity index is 2.63. The van der Waals surface area contributed by atoms with Gasteiger partial charge in [-0.3, -0.25) is 4.79 Å². The molecule has 0 bridgehead atoms. The van der Waals surface area contributed by atoms with Crippen molar-refractivity contribution in [2.24, 2.45) is 5.92 Å². The van der Waals surface area contributed by atoms with E-state index in [1.807, 2.05) is 20.8 Å². The van der Waals surface area contributed by atoms with E-state index < -0.39 is 6.10 Å². The Morgan fingerprint density at radius 1 is 1.53 bits per heavy atom. The standard InChI is InChI=1S/C14H22N2O3/c1-4-10(3)12(17)9-16-13(18)11-7-6-8-15-14(11)19-5-2/h6-8,10,12,17H,4-5,9H2,1-3H3,(H,16,18). The first-order chi connectivity index (χ1) is 9.10. The lowest BCUT2D eigenvalue weighted by Crippen LogP contribution is -2.35. The lowest BCUT2D eigenvalue weighted by molar-refractivity contribution is 0.0846. The van der Waals surface area contributed by atoms with Crippen LogP contribution in [0.5, 0.6) is 5.88 Å². The molecule has 0 aliphatic carbocycles. The number of aromatic nitrogens is 1. The van der Waals surface area contributed by atoms with Crippen molar-refractivity contribution in [3.63, 3.8) is 0 Å². The average molecular weight is 266 g/mol. The van der Waals surface area contributed by atoms with Gasteiger partial charge in [-0.25, -0.2) is 4.98 Å². The van der Waals surface area contributed by atoms with Crippen LogP contribution < -0.4 is 10.1 Å². The molecule has 1 amide bonds. The first kappa shape index (κ1) is 15.4. The third-order valence-corrected chi connectivity index (χ3v) is 3.07. The number of ether oxygens (including phenoxy) is 1. The molecule has 2 N–H and O–H groups in total. The van der Waals surface area contributed by atoms with Crippen molar-refractivity contribution in [3.05, 3.63) is 23.9 Å². The third-order valence-electron chi connectivity index (χ3n) is 3.07. The fourth-order valence-corrected chi connectivity index (χ4v) is 1.58. The summed E-state index contributed by atoms with van der Waals surface area (Å²) in [5, 5.41) is 12.5. The number of hydrogen-bond acceptors (Lipinski definition) is 4. The van der Waals surface area contributed by atoms with Crippen molar-refractivity contribution in [3.8, 4) is 5.88 Å². The number of carbonyl (C=O) groups is 1. The number of nitrogens with one attached hydrogen (secondary N) is 1. The molecule has 106 valence electrons. The molecule has 0 saturated carbocycles. The zero-order valence-electron chi connectivity index (χ0n) is 11.7. The maximum absolute atomic E-state index is 12.0. The Bertz CT molecular complexity index is 409. The van der Waals surface area contributed by atoms with Crippen molar-refractivity contribution >= 4 is 5.91 Å². The summed E-state index contributed by atoms with van der Waals surface area (Å²) in [6.07, 6.45) is 1.91. The van der Waals surface area contributed by atoms with Gasteiger partial charge in [0.05, 0.1) is 12.7 Å². The molecule has 19 heavy (non-hydrogen) atoms. The van der Waals surface area contributed by atoms with Crippen LogP contribution in [0.1, 0.15) is 37.6 Å². The summed E-state index contributed by atoms with van der Waals surface area (Å²) in [5.74, 6) is 0.194. The van der Waals surface area contributed by atoms with Gasteiger partial charge in [0, 0.05) is 12.7 Å². The van der Waals surface area contributed by atoms with Crippen molar-refractivity contribution < 1.29 is 14.6 Å². The monoisotopic (exact) mass is 266 g/mol. The average Bonchev–Trinajstić information content (AvgIpc) is 2.44. The van der Waals surface area contributed by atoms with E-state index in [-0.39, 0.29) is 18.4 Å².